The van der Waals surface area contributed by atoms with Gasteiger partial charge in [-0.3, -0.25) is 9.24 Å². The van der Waals surface area contributed by atoms with Crippen LogP contribution in [0.15, 0.2) is 136 Å². The molecule has 0 unspecified atom stereocenters. The Bertz CT molecular complexity index is 3320. The number of likely N-dealkylation sites (tertiary alicyclic amines) is 1. The lowest BCUT2D eigenvalue weighted by Crippen LogP contribution is -2.46. The summed E-state index contributed by atoms with van der Waals surface area (Å²) < 4.78 is 122. The molecule has 412 valence electrons. The van der Waals surface area contributed by atoms with E-state index in [1.165, 1.54) is 34.8 Å². The number of aliphatic hydroxyl groups is 1. The molecule has 21 heteroatoms. The van der Waals surface area contributed by atoms with Crippen molar-refractivity contribution < 1.29 is 44.2 Å². The monoisotopic (exact) mass is 1150 g/mol. The first kappa shape index (κ1) is 56.7. The van der Waals surface area contributed by atoms with Crippen LogP contribution in [-0.2, 0) is 28.8 Å². The average molecular weight is 1150 g/mol. The highest BCUT2D eigenvalue weighted by atomic mass is 35.5. The second kappa shape index (κ2) is 23.4. The number of piperidine rings is 1. The Balaban J connectivity index is 0.926. The molecule has 3 aliphatic heterocycles. The first-order valence-corrected chi connectivity index (χ1v) is 32.1. The van der Waals surface area contributed by atoms with Crippen LogP contribution in [0, 0.1) is 12.8 Å². The average Bonchev–Trinajstić information content (AvgIpc) is 4.00. The summed E-state index contributed by atoms with van der Waals surface area (Å²) in [4.78, 5) is 6.97. The lowest BCUT2D eigenvalue weighted by molar-refractivity contribution is -0.0435. The highest BCUT2D eigenvalue weighted by Gasteiger charge is 2.49. The molecule has 3 aliphatic rings. The number of nitrogens with one attached hydrogen (secondary N) is 1. The number of benzene rings is 5. The van der Waals surface area contributed by atoms with Crippen LogP contribution >= 0.6 is 30.9 Å². The second-order valence-corrected chi connectivity index (χ2v) is 27.9. The second-order valence-electron chi connectivity index (χ2n) is 20.2. The highest BCUT2D eigenvalue weighted by molar-refractivity contribution is 7.99. The normalized spacial score (nSPS) is 18.6. The number of aliphatic hydroxyl groups excluding tert-OH is 1. The van der Waals surface area contributed by atoms with E-state index in [0.717, 1.165) is 65.1 Å². The van der Waals surface area contributed by atoms with Crippen LogP contribution in [0.3, 0.4) is 0 Å². The number of anilines is 4. The number of hydrogen-bond acceptors (Lipinski definition) is 12. The number of thioether (sulfide) groups is 1. The Kier molecular flexibility index (Phi) is 17.2. The molecule has 3 fully saturated rings. The van der Waals surface area contributed by atoms with Crippen molar-refractivity contribution in [1.82, 2.24) is 9.47 Å². The lowest BCUT2D eigenvalue weighted by Gasteiger charge is -2.37. The molecular weight excluding hydrogens is 1090 g/mol. The summed E-state index contributed by atoms with van der Waals surface area (Å²) in [6.45, 7) is 11.0. The molecule has 0 spiro atoms. The number of hydrogen-bond donors (Lipinski definition) is 2. The van der Waals surface area contributed by atoms with Crippen LogP contribution in [0.25, 0.3) is 22.4 Å². The van der Waals surface area contributed by atoms with Crippen molar-refractivity contribution in [2.75, 3.05) is 97.4 Å². The quantitative estimate of drug-likeness (QED) is 0.0623. The largest absolute Gasteiger partial charge is 0.501 e. The molecule has 13 nitrogen and oxygen atoms in total. The number of piperazine rings is 1. The van der Waals surface area contributed by atoms with Gasteiger partial charge in [-0.05, 0) is 149 Å². The first-order chi connectivity index (χ1) is 36.7. The summed E-state index contributed by atoms with van der Waals surface area (Å²) in [6.07, 6.45) is 3.43. The van der Waals surface area contributed by atoms with E-state index in [1.54, 1.807) is 24.3 Å². The van der Waals surface area contributed by atoms with Gasteiger partial charge in [0.1, 0.15) is 4.90 Å². The minimum atomic E-state index is -5.94. The topological polar surface area (TPSA) is 145 Å². The predicted octanol–water partition coefficient (Wildman–Crippen LogP) is 11.4. The number of aromatic nitrogens is 1. The van der Waals surface area contributed by atoms with Crippen molar-refractivity contribution in [3.63, 3.8) is 0 Å². The molecule has 2 N–H and O–H groups in total. The summed E-state index contributed by atoms with van der Waals surface area (Å²) in [6, 6.07) is 35.4. The van der Waals surface area contributed by atoms with E-state index in [4.69, 9.17) is 16.1 Å². The third-order valence-electron chi connectivity index (χ3n) is 14.8. The Hall–Kier alpha value is -4.98. The number of sulfone groups is 2. The SMILES string of the molecule is Cc1c(S(C)(=O)=O)c(-c2cccc(N3CCN(c4ccc(N5CCO[P@@]5(=O)c5ccc(N[C@H](CCN6CCC(CO)CC6)CSc6ccccc6)c(S(=O)(=O)C(F)(F)F)c5)cc4)CC3)c2)c(-c2ccc(Cl)cc2)n1C(C)C. The van der Waals surface area contributed by atoms with Crippen LogP contribution in [-0.4, -0.2) is 121 Å². The molecule has 2 atom stereocenters. The lowest BCUT2D eigenvalue weighted by atomic mass is 9.97. The number of rotatable bonds is 18. The van der Waals surface area contributed by atoms with Gasteiger partial charge in [0.25, 0.3) is 9.84 Å². The molecule has 3 saturated heterocycles. The molecule has 6 aromatic rings. The number of halogens is 4. The molecule has 4 heterocycles. The minimum Gasteiger partial charge on any atom is -0.396 e. The van der Waals surface area contributed by atoms with Crippen LogP contribution in [0.4, 0.5) is 35.9 Å². The fourth-order valence-corrected chi connectivity index (χ4v) is 16.4. The van der Waals surface area contributed by atoms with Gasteiger partial charge >= 0.3 is 13.0 Å². The highest BCUT2D eigenvalue weighted by Crippen LogP contribution is 2.56. The van der Waals surface area contributed by atoms with Gasteiger partial charge in [0, 0.05) is 102 Å². The predicted molar refractivity (Wildman–Crippen MR) is 305 cm³/mol. The third kappa shape index (κ3) is 12.3. The van der Waals surface area contributed by atoms with Crippen molar-refractivity contribution in [2.45, 2.75) is 72.3 Å². The van der Waals surface area contributed by atoms with E-state index in [9.17, 15) is 35.1 Å². The van der Waals surface area contributed by atoms with Crippen molar-refractivity contribution >= 4 is 78.6 Å². The molecular formula is C56H65ClF3N6O7PS3. The minimum absolute atomic E-state index is 0.000943. The zero-order valence-electron chi connectivity index (χ0n) is 43.5. The van der Waals surface area contributed by atoms with E-state index in [-0.39, 0.29) is 42.7 Å². The maximum atomic E-state index is 15.0. The summed E-state index contributed by atoms with van der Waals surface area (Å²) in [5.74, 6) is 0.662. The van der Waals surface area contributed by atoms with E-state index in [0.29, 0.717) is 71.8 Å². The standard InChI is InChI=1S/C56H65ClF3N6O7PS3/c1-39(2)66-40(3)55(76(4,69)70)53(54(66)42-13-15-44(57)16-14-42)43-9-8-10-48(35-43)64-31-29-63(30-32-64)46-17-19-47(20-18-46)65-33-34-73-74(65,68)49-21-22-51(52(36-49)77(71,72)56(58,59)60)61-45(38-75-50-11-6-5-7-12-50)25-28-62-26-23-41(37-67)24-27-62/h5-22,35-36,39,41,45,61,67H,23-34,37-38H2,1-4H3/t45-,74+/m1/s1. The molecule has 77 heavy (non-hydrogen) atoms. The Morgan fingerprint density at radius 3 is 2.06 bits per heavy atom. The van der Waals surface area contributed by atoms with Gasteiger partial charge in [-0.15, -0.1) is 11.8 Å². The summed E-state index contributed by atoms with van der Waals surface area (Å²) in [7, 11) is -13.7. The Morgan fingerprint density at radius 2 is 1.44 bits per heavy atom. The van der Waals surface area contributed by atoms with Crippen molar-refractivity contribution in [1.29, 1.82) is 0 Å². The fourth-order valence-electron chi connectivity index (χ4n) is 10.8. The van der Waals surface area contributed by atoms with Gasteiger partial charge < -0.3 is 34.2 Å². The van der Waals surface area contributed by atoms with Crippen LogP contribution in [0.2, 0.25) is 5.02 Å². The number of nitrogens with zero attached hydrogens (tertiary/aromatic N) is 5. The van der Waals surface area contributed by atoms with Gasteiger partial charge in [0.15, 0.2) is 9.84 Å². The molecule has 9 rings (SSSR count). The van der Waals surface area contributed by atoms with Gasteiger partial charge in [-0.2, -0.15) is 13.2 Å². The molecule has 0 amide bonds. The Morgan fingerprint density at radius 1 is 0.792 bits per heavy atom. The Labute approximate surface area is 459 Å². The van der Waals surface area contributed by atoms with Gasteiger partial charge in [-0.25, -0.2) is 16.8 Å². The fraction of sp³-hybridized carbons (Fsp3) is 0.393. The van der Waals surface area contributed by atoms with E-state index in [1.807, 2.05) is 93.6 Å². The van der Waals surface area contributed by atoms with Gasteiger partial charge in [0.05, 0.1) is 34.7 Å². The van der Waals surface area contributed by atoms with E-state index >= 15 is 4.57 Å². The van der Waals surface area contributed by atoms with Crippen LogP contribution in [0.5, 0.6) is 0 Å². The summed E-state index contributed by atoms with van der Waals surface area (Å²) >= 11 is 7.80. The van der Waals surface area contributed by atoms with E-state index < -0.39 is 43.6 Å². The maximum Gasteiger partial charge on any atom is 0.501 e. The zero-order chi connectivity index (χ0) is 54.9. The molecule has 0 radical (unpaired) electrons. The third-order valence-corrected chi connectivity index (χ3v) is 21.5. The van der Waals surface area contributed by atoms with E-state index in [2.05, 4.69) is 30.6 Å². The molecule has 0 aliphatic carbocycles. The molecule has 0 saturated carbocycles. The van der Waals surface area contributed by atoms with Crippen molar-refractivity contribution in [2.24, 2.45) is 5.92 Å². The van der Waals surface area contributed by atoms with Crippen LogP contribution < -0.4 is 25.1 Å². The zero-order valence-corrected chi connectivity index (χ0v) is 47.6. The molecule has 0 bridgehead atoms. The first-order valence-electron chi connectivity index (χ1n) is 25.8. The van der Waals surface area contributed by atoms with Gasteiger partial charge in [-0.1, -0.05) is 54.1 Å². The van der Waals surface area contributed by atoms with Crippen LogP contribution in [0.1, 0.15) is 44.8 Å². The van der Waals surface area contributed by atoms with Crippen molar-refractivity contribution in [3.05, 3.63) is 132 Å². The summed E-state index contributed by atoms with van der Waals surface area (Å²) in [5.41, 5.74) is 0.212. The maximum absolute atomic E-state index is 15.0. The van der Waals surface area contributed by atoms with Crippen molar-refractivity contribution in [3.8, 4) is 22.4 Å². The smallest absolute Gasteiger partial charge is 0.396 e. The molecule has 5 aromatic carbocycles. The molecule has 1 aromatic heterocycles. The summed E-state index contributed by atoms with van der Waals surface area (Å²) in [5, 5.41) is 13.2. The van der Waals surface area contributed by atoms with Gasteiger partial charge in [0.2, 0.25) is 0 Å². The number of alkyl halides is 3.